The lowest BCUT2D eigenvalue weighted by atomic mass is 9.84. The van der Waals surface area contributed by atoms with Crippen LogP contribution in [-0.2, 0) is 56.6 Å². The highest BCUT2D eigenvalue weighted by molar-refractivity contribution is 7.80. The molecule has 4 heterocycles. The number of phosphoric acid groups is 1. The lowest BCUT2D eigenvalue weighted by molar-refractivity contribution is -0.361. The standard InChI is InChI=1S/C24H42NO25PS/c25-7-10(30)17(5(2-27)44-22(7)47-18-14(34)12(32)15(35)19-21(18)49-51(37,38)48-19)46-23-16(36)11(31)9(29)6(45-23)3-42-24-20(50-52(39,40)41)13(33)8(28)4(1-26)43-24/h4-24,26-36H,1-3,25H2,(H,37,38)(H,39,40,41)/t4-,5-,6-,7-,8-,9-,10-,11+,12+,13+,14+,15-,16+,17-,18-,19-,20+,21+,22-,23-,24+/m1/s1. The van der Waals surface area contributed by atoms with Crippen molar-refractivity contribution in [3.05, 3.63) is 0 Å². The van der Waals surface area contributed by atoms with Crippen molar-refractivity contribution in [3.63, 3.8) is 0 Å². The van der Waals surface area contributed by atoms with Crippen molar-refractivity contribution in [2.75, 3.05) is 19.8 Å². The third-order valence-corrected chi connectivity index (χ3v) is 10.6. The Kier molecular flexibility index (Phi) is 13.4. The summed E-state index contributed by atoms with van der Waals surface area (Å²) in [6, 6.07) is -1.66. The first-order valence-corrected chi connectivity index (χ1v) is 18.4. The molecule has 0 aromatic carbocycles. The topological polar surface area (TPSA) is 423 Å². The molecule has 5 fully saturated rings. The molecule has 26 nitrogen and oxygen atoms in total. The van der Waals surface area contributed by atoms with E-state index < -0.39 is 167 Å². The first-order valence-electron chi connectivity index (χ1n) is 15.5. The summed E-state index contributed by atoms with van der Waals surface area (Å²) in [7, 11) is -10.1. The van der Waals surface area contributed by atoms with E-state index in [4.69, 9.17) is 47.8 Å². The number of hydrogen-bond acceptors (Lipinski definition) is 24. The minimum atomic E-state index is -5.29. The number of nitrogens with two attached hydrogens (primary N) is 1. The van der Waals surface area contributed by atoms with Crippen LogP contribution in [0.5, 0.6) is 0 Å². The fraction of sp³-hybridized carbons (Fsp3) is 1.00. The van der Waals surface area contributed by atoms with Crippen molar-refractivity contribution >= 4 is 18.2 Å². The molecule has 0 spiro atoms. The fourth-order valence-electron chi connectivity index (χ4n) is 6.38. The van der Waals surface area contributed by atoms with E-state index in [1.165, 1.54) is 0 Å². The Balaban J connectivity index is 1.27. The molecule has 0 bridgehead atoms. The minimum absolute atomic E-state index is 0.886. The van der Waals surface area contributed by atoms with Crippen LogP contribution >= 0.6 is 7.82 Å². The highest BCUT2D eigenvalue weighted by Gasteiger charge is 2.61. The number of aliphatic hydroxyl groups is 11. The van der Waals surface area contributed by atoms with E-state index in [9.17, 15) is 74.0 Å². The Morgan fingerprint density at radius 3 is 1.73 bits per heavy atom. The summed E-state index contributed by atoms with van der Waals surface area (Å²) in [5.74, 6) is 0. The van der Waals surface area contributed by atoms with Gasteiger partial charge in [-0.1, -0.05) is 0 Å². The number of ether oxygens (including phenoxy) is 6. The summed E-state index contributed by atoms with van der Waals surface area (Å²) in [5.41, 5.74) is 6.11. The van der Waals surface area contributed by atoms with E-state index in [0.717, 1.165) is 0 Å². The monoisotopic (exact) mass is 807 g/mol. The molecule has 4 saturated heterocycles. The molecule has 52 heavy (non-hydrogen) atoms. The number of fused-ring (bicyclic) bond motifs is 1. The number of hydrogen-bond donors (Lipinski definition) is 14. The van der Waals surface area contributed by atoms with Gasteiger partial charge in [-0.25, -0.2) is 8.75 Å². The Hall–Kier alpha value is -0.740. The van der Waals surface area contributed by atoms with Crippen molar-refractivity contribution in [3.8, 4) is 0 Å². The first kappa shape index (κ1) is 42.4. The molecule has 0 aromatic rings. The molecule has 4 aliphatic heterocycles. The van der Waals surface area contributed by atoms with E-state index in [-0.39, 0.29) is 0 Å². The van der Waals surface area contributed by atoms with Crippen LogP contribution < -0.4 is 5.73 Å². The summed E-state index contributed by atoms with van der Waals surface area (Å²) in [5, 5.41) is 114. The molecule has 15 N–H and O–H groups in total. The molecule has 1 aliphatic carbocycles. The van der Waals surface area contributed by atoms with E-state index in [0.29, 0.717) is 0 Å². The fourth-order valence-corrected chi connectivity index (χ4v) is 8.01. The van der Waals surface area contributed by atoms with Crippen LogP contribution in [0, 0.1) is 0 Å². The van der Waals surface area contributed by atoms with Gasteiger partial charge in [0.25, 0.3) is 0 Å². The zero-order valence-electron chi connectivity index (χ0n) is 26.4. The van der Waals surface area contributed by atoms with Crippen LogP contribution in [0.1, 0.15) is 0 Å². The van der Waals surface area contributed by atoms with Crippen molar-refractivity contribution in [2.45, 2.75) is 129 Å². The van der Waals surface area contributed by atoms with Crippen LogP contribution in [0.15, 0.2) is 0 Å². The lowest BCUT2D eigenvalue weighted by Crippen LogP contribution is -2.69. The van der Waals surface area contributed by atoms with E-state index >= 15 is 0 Å². The molecule has 1 saturated carbocycles. The van der Waals surface area contributed by atoms with E-state index in [1.807, 2.05) is 0 Å². The SMILES string of the molecule is N[C@H]1[C@@H](O[C@@H]2[C@@H](O)[C@H](O)[C@@H](O)[C@H]3OP(=O)(O)O[C@H]32)O[C@H](CO)[C@@H](O[C@H]2O[C@H](CO[C@H]3O[C@H](CO)[C@@H](O)[C@H](O)[C@@H]3OS(=O)(=O)O)[C@@H](O)[C@H](O)[C@@H]2O)[C@@H]1O. The van der Waals surface area contributed by atoms with Gasteiger partial charge in [-0.2, -0.15) is 8.42 Å². The highest BCUT2D eigenvalue weighted by Crippen LogP contribution is 2.56. The number of rotatable bonds is 11. The number of phosphoric ester groups is 1. The third-order valence-electron chi connectivity index (χ3n) is 9.16. The van der Waals surface area contributed by atoms with Gasteiger partial charge in [0.1, 0.15) is 97.7 Å². The Morgan fingerprint density at radius 2 is 1.12 bits per heavy atom. The minimum Gasteiger partial charge on any atom is -0.394 e. The molecule has 0 radical (unpaired) electrons. The van der Waals surface area contributed by atoms with Gasteiger partial charge in [-0.3, -0.25) is 13.6 Å². The quantitative estimate of drug-likeness (QED) is 0.0680. The van der Waals surface area contributed by atoms with Gasteiger partial charge in [-0.05, 0) is 0 Å². The highest BCUT2D eigenvalue weighted by atomic mass is 32.3. The summed E-state index contributed by atoms with van der Waals surface area (Å²) < 4.78 is 90.9. The Bertz CT molecular complexity index is 1370. The Labute approximate surface area is 292 Å². The van der Waals surface area contributed by atoms with Gasteiger partial charge in [0.15, 0.2) is 25.0 Å². The van der Waals surface area contributed by atoms with Gasteiger partial charge < -0.3 is 95.2 Å². The normalized spacial score (nSPS) is 53.1. The predicted octanol–water partition coefficient (Wildman–Crippen LogP) is -9.41. The summed E-state index contributed by atoms with van der Waals surface area (Å²) in [6.07, 6.45) is -37.5. The smallest absolute Gasteiger partial charge is 0.394 e. The largest absolute Gasteiger partial charge is 0.473 e. The van der Waals surface area contributed by atoms with Crippen LogP contribution in [-0.4, -0.2) is 223 Å². The molecule has 28 heteroatoms. The van der Waals surface area contributed by atoms with Gasteiger partial charge in [0, 0.05) is 0 Å². The summed E-state index contributed by atoms with van der Waals surface area (Å²) in [6.45, 7) is -2.76. The maximum Gasteiger partial charge on any atom is 0.473 e. The van der Waals surface area contributed by atoms with Crippen molar-refractivity contribution < 1.29 is 120 Å². The van der Waals surface area contributed by atoms with Crippen LogP contribution in [0.2, 0.25) is 0 Å². The zero-order chi connectivity index (χ0) is 38.6. The van der Waals surface area contributed by atoms with Crippen LogP contribution in [0.3, 0.4) is 0 Å². The molecule has 22 atom stereocenters. The summed E-state index contributed by atoms with van der Waals surface area (Å²) in [4.78, 5) is 9.76. The second kappa shape index (κ2) is 16.4. The van der Waals surface area contributed by atoms with Gasteiger partial charge in [-0.15, -0.1) is 0 Å². The zero-order valence-corrected chi connectivity index (χ0v) is 28.1. The second-order valence-electron chi connectivity index (χ2n) is 12.6. The molecule has 304 valence electrons. The average molecular weight is 808 g/mol. The molecule has 5 aliphatic rings. The summed E-state index contributed by atoms with van der Waals surface area (Å²) >= 11 is 0. The first-order chi connectivity index (χ1) is 24.2. The maximum absolute atomic E-state index is 12.0. The molecular formula is C24H42NO25PS. The molecule has 5 rings (SSSR count). The van der Waals surface area contributed by atoms with Crippen LogP contribution in [0.4, 0.5) is 0 Å². The van der Waals surface area contributed by atoms with Gasteiger partial charge >= 0.3 is 18.2 Å². The van der Waals surface area contributed by atoms with Gasteiger partial charge in [0.05, 0.1) is 25.9 Å². The molecule has 1 unspecified atom stereocenters. The van der Waals surface area contributed by atoms with Crippen molar-refractivity contribution in [1.29, 1.82) is 0 Å². The molecule has 0 aromatic heterocycles. The molecule has 0 amide bonds. The average Bonchev–Trinajstić information content (AvgIpc) is 3.41. The van der Waals surface area contributed by atoms with Crippen LogP contribution in [0.25, 0.3) is 0 Å². The third kappa shape index (κ3) is 8.64. The van der Waals surface area contributed by atoms with E-state index in [1.54, 1.807) is 0 Å². The predicted molar refractivity (Wildman–Crippen MR) is 154 cm³/mol. The van der Waals surface area contributed by atoms with Gasteiger partial charge in [0.2, 0.25) is 0 Å². The van der Waals surface area contributed by atoms with E-state index in [2.05, 4.69) is 4.18 Å². The maximum atomic E-state index is 12.0. The second-order valence-corrected chi connectivity index (χ2v) is 15.0. The lowest BCUT2D eigenvalue weighted by Gasteiger charge is -2.48. The van der Waals surface area contributed by atoms with Crippen molar-refractivity contribution in [2.24, 2.45) is 5.73 Å². The Morgan fingerprint density at radius 1 is 0.596 bits per heavy atom. The van der Waals surface area contributed by atoms with Crippen molar-refractivity contribution in [1.82, 2.24) is 0 Å². The molecular weight excluding hydrogens is 765 g/mol. The number of aliphatic hydroxyl groups excluding tert-OH is 11.